The van der Waals surface area contributed by atoms with Gasteiger partial charge in [0.15, 0.2) is 5.82 Å². The van der Waals surface area contributed by atoms with Crippen LogP contribution in [0, 0.1) is 5.92 Å². The molecule has 2 atom stereocenters. The minimum absolute atomic E-state index is 0.0391. The average molecular weight is 383 g/mol. The Balaban J connectivity index is 1.43. The lowest BCUT2D eigenvalue weighted by Crippen LogP contribution is -2.43. The summed E-state index contributed by atoms with van der Waals surface area (Å²) in [5, 5.41) is 4.13. The molecule has 148 valence electrons. The highest BCUT2D eigenvalue weighted by Gasteiger charge is 2.39. The van der Waals surface area contributed by atoms with E-state index in [1.165, 1.54) is 0 Å². The summed E-state index contributed by atoms with van der Waals surface area (Å²) in [5.74, 6) is 0.937. The first kappa shape index (κ1) is 18.6. The molecule has 2 aromatic heterocycles. The molecule has 0 unspecified atom stereocenters. The summed E-state index contributed by atoms with van der Waals surface area (Å²) in [6.45, 7) is 5.76. The Kier molecular flexibility index (Phi) is 5.11. The molecule has 2 aliphatic rings. The molecule has 0 aromatic carbocycles. The third-order valence-corrected chi connectivity index (χ3v) is 5.55. The molecule has 2 fully saturated rings. The van der Waals surface area contributed by atoms with Gasteiger partial charge in [0.25, 0.3) is 5.89 Å². The topological polar surface area (TPSA) is 92.4 Å². The van der Waals surface area contributed by atoms with Crippen LogP contribution in [0.5, 0.6) is 0 Å². The van der Waals surface area contributed by atoms with E-state index < -0.39 is 0 Å². The Morgan fingerprint density at radius 1 is 1.29 bits per heavy atom. The molecular formula is C20H25N5O3. The number of likely N-dealkylation sites (tertiary alicyclic amines) is 2. The van der Waals surface area contributed by atoms with Crippen molar-refractivity contribution in [3.63, 3.8) is 0 Å². The summed E-state index contributed by atoms with van der Waals surface area (Å²) in [6, 6.07) is 5.66. The second kappa shape index (κ2) is 7.69. The normalized spacial score (nSPS) is 22.9. The lowest BCUT2D eigenvalue weighted by molar-refractivity contribution is -0.137. The van der Waals surface area contributed by atoms with Crippen LogP contribution in [0.25, 0.3) is 11.6 Å². The maximum atomic E-state index is 13.0. The second-order valence-electron chi connectivity index (χ2n) is 7.84. The van der Waals surface area contributed by atoms with Crippen LogP contribution in [0.15, 0.2) is 28.9 Å². The molecule has 8 nitrogen and oxygen atoms in total. The number of nitrogens with zero attached hydrogens (tertiary/aromatic N) is 5. The Morgan fingerprint density at radius 3 is 2.86 bits per heavy atom. The van der Waals surface area contributed by atoms with E-state index in [4.69, 9.17) is 4.52 Å². The lowest BCUT2D eigenvalue weighted by Gasteiger charge is -2.33. The van der Waals surface area contributed by atoms with Gasteiger partial charge in [-0.05, 0) is 38.8 Å². The summed E-state index contributed by atoms with van der Waals surface area (Å²) >= 11 is 0. The fraction of sp³-hybridized carbons (Fsp3) is 0.550. The predicted molar refractivity (Wildman–Crippen MR) is 101 cm³/mol. The molecule has 8 heteroatoms. The molecular weight excluding hydrogens is 358 g/mol. The Hall–Kier alpha value is -2.77. The zero-order valence-corrected chi connectivity index (χ0v) is 16.2. The number of carbonyl (C=O) groups excluding carboxylic acids is 2. The number of aromatic nitrogens is 3. The number of hydrogen-bond donors (Lipinski definition) is 0. The SMILES string of the molecule is CC(C)N1C[C@H](C(=O)N2CCC[C@H](c3noc(-c4ccccn4)n3)C2)CC1=O. The third-order valence-electron chi connectivity index (χ3n) is 5.55. The van der Waals surface area contributed by atoms with E-state index in [1.807, 2.05) is 36.9 Å². The highest BCUT2D eigenvalue weighted by molar-refractivity contribution is 5.89. The van der Waals surface area contributed by atoms with E-state index in [0.717, 1.165) is 12.8 Å². The zero-order valence-electron chi connectivity index (χ0n) is 16.2. The van der Waals surface area contributed by atoms with E-state index in [1.54, 1.807) is 11.1 Å². The first-order chi connectivity index (χ1) is 13.5. The van der Waals surface area contributed by atoms with Crippen molar-refractivity contribution >= 4 is 11.8 Å². The largest absolute Gasteiger partial charge is 0.342 e. The second-order valence-corrected chi connectivity index (χ2v) is 7.84. The quantitative estimate of drug-likeness (QED) is 0.803. The molecule has 0 spiro atoms. The minimum Gasteiger partial charge on any atom is -0.342 e. The standard InChI is InChI=1S/C20H25N5O3/c1-13(2)25-12-15(10-17(25)26)20(27)24-9-5-6-14(11-24)18-22-19(28-23-18)16-7-3-4-8-21-16/h3-4,7-8,13-15H,5-6,9-12H2,1-2H3/t14-,15+/m0/s1. The first-order valence-corrected chi connectivity index (χ1v) is 9.86. The molecule has 2 aliphatic heterocycles. The number of amides is 2. The maximum absolute atomic E-state index is 13.0. The van der Waals surface area contributed by atoms with Gasteiger partial charge in [-0.3, -0.25) is 14.6 Å². The molecule has 4 rings (SSSR count). The Morgan fingerprint density at radius 2 is 2.14 bits per heavy atom. The molecule has 2 saturated heterocycles. The molecule has 2 amide bonds. The van der Waals surface area contributed by atoms with Crippen molar-refractivity contribution in [2.45, 2.75) is 45.1 Å². The summed E-state index contributed by atoms with van der Waals surface area (Å²) in [7, 11) is 0. The Labute approximate surface area is 163 Å². The Bertz CT molecular complexity index is 851. The number of piperidine rings is 1. The third kappa shape index (κ3) is 3.63. The van der Waals surface area contributed by atoms with Gasteiger partial charge in [0, 0.05) is 44.2 Å². The molecule has 0 N–H and O–H groups in total. The first-order valence-electron chi connectivity index (χ1n) is 9.86. The van der Waals surface area contributed by atoms with E-state index in [0.29, 0.717) is 43.5 Å². The van der Waals surface area contributed by atoms with Gasteiger partial charge in [-0.15, -0.1) is 0 Å². The van der Waals surface area contributed by atoms with E-state index >= 15 is 0 Å². The van der Waals surface area contributed by atoms with Crippen LogP contribution < -0.4 is 0 Å². The van der Waals surface area contributed by atoms with Gasteiger partial charge >= 0.3 is 0 Å². The van der Waals surface area contributed by atoms with Gasteiger partial charge in [-0.2, -0.15) is 4.98 Å². The van der Waals surface area contributed by atoms with Gasteiger partial charge in [0.1, 0.15) is 5.69 Å². The van der Waals surface area contributed by atoms with Gasteiger partial charge in [0.2, 0.25) is 11.8 Å². The molecule has 28 heavy (non-hydrogen) atoms. The van der Waals surface area contributed by atoms with E-state index in [-0.39, 0.29) is 29.7 Å². The van der Waals surface area contributed by atoms with Crippen molar-refractivity contribution in [1.29, 1.82) is 0 Å². The van der Waals surface area contributed by atoms with Crippen LogP contribution in [0.4, 0.5) is 0 Å². The van der Waals surface area contributed by atoms with Crippen LogP contribution in [0.3, 0.4) is 0 Å². The minimum atomic E-state index is -0.247. The molecule has 4 heterocycles. The van der Waals surface area contributed by atoms with Crippen LogP contribution in [-0.4, -0.2) is 62.4 Å². The number of pyridine rings is 1. The molecule has 0 radical (unpaired) electrons. The van der Waals surface area contributed by atoms with Crippen LogP contribution in [0.2, 0.25) is 0 Å². The van der Waals surface area contributed by atoms with Crippen molar-refractivity contribution in [3.8, 4) is 11.6 Å². The monoisotopic (exact) mass is 383 g/mol. The highest BCUT2D eigenvalue weighted by Crippen LogP contribution is 2.29. The average Bonchev–Trinajstić information content (AvgIpc) is 3.35. The van der Waals surface area contributed by atoms with Crippen molar-refractivity contribution in [1.82, 2.24) is 24.9 Å². The highest BCUT2D eigenvalue weighted by atomic mass is 16.5. The van der Waals surface area contributed by atoms with Crippen LogP contribution in [-0.2, 0) is 9.59 Å². The fourth-order valence-corrected chi connectivity index (χ4v) is 4.04. The van der Waals surface area contributed by atoms with Crippen LogP contribution >= 0.6 is 0 Å². The van der Waals surface area contributed by atoms with E-state index in [9.17, 15) is 9.59 Å². The van der Waals surface area contributed by atoms with Gasteiger partial charge < -0.3 is 14.3 Å². The number of hydrogen-bond acceptors (Lipinski definition) is 6. The predicted octanol–water partition coefficient (Wildman–Crippen LogP) is 2.09. The van der Waals surface area contributed by atoms with E-state index in [2.05, 4.69) is 15.1 Å². The smallest absolute Gasteiger partial charge is 0.276 e. The summed E-state index contributed by atoms with van der Waals surface area (Å²) in [4.78, 5) is 37.5. The number of carbonyl (C=O) groups is 2. The van der Waals surface area contributed by atoms with Gasteiger partial charge in [-0.25, -0.2) is 0 Å². The lowest BCUT2D eigenvalue weighted by atomic mass is 9.95. The van der Waals surface area contributed by atoms with Crippen molar-refractivity contribution < 1.29 is 14.1 Å². The molecule has 0 bridgehead atoms. The zero-order chi connectivity index (χ0) is 19.7. The number of rotatable bonds is 4. The van der Waals surface area contributed by atoms with Crippen molar-refractivity contribution in [2.75, 3.05) is 19.6 Å². The van der Waals surface area contributed by atoms with Gasteiger partial charge in [-0.1, -0.05) is 11.2 Å². The maximum Gasteiger partial charge on any atom is 0.276 e. The molecule has 0 aliphatic carbocycles. The fourth-order valence-electron chi connectivity index (χ4n) is 4.04. The summed E-state index contributed by atoms with van der Waals surface area (Å²) in [5.41, 5.74) is 0.642. The van der Waals surface area contributed by atoms with Crippen molar-refractivity contribution in [3.05, 3.63) is 30.2 Å². The summed E-state index contributed by atoms with van der Waals surface area (Å²) in [6.07, 6.45) is 3.79. The van der Waals surface area contributed by atoms with Crippen molar-refractivity contribution in [2.24, 2.45) is 5.92 Å². The van der Waals surface area contributed by atoms with Gasteiger partial charge in [0.05, 0.1) is 5.92 Å². The molecule has 2 aromatic rings. The summed E-state index contributed by atoms with van der Waals surface area (Å²) < 4.78 is 5.38. The van der Waals surface area contributed by atoms with Crippen LogP contribution in [0.1, 0.15) is 44.9 Å². The molecule has 0 saturated carbocycles.